The molecule has 0 bridgehead atoms. The van der Waals surface area contributed by atoms with E-state index in [4.69, 9.17) is 9.84 Å². The number of carboxylic acid groups (broad SMARTS) is 1. The summed E-state index contributed by atoms with van der Waals surface area (Å²) in [7, 11) is 0. The van der Waals surface area contributed by atoms with Gasteiger partial charge in [-0.2, -0.15) is 0 Å². The van der Waals surface area contributed by atoms with Gasteiger partial charge in [-0.15, -0.1) is 0 Å². The number of hydrogen-bond acceptors (Lipinski definition) is 3. The minimum absolute atomic E-state index is 0.0730. The van der Waals surface area contributed by atoms with Crippen LogP contribution in [-0.4, -0.2) is 54.4 Å². The maximum absolute atomic E-state index is 12.0. The van der Waals surface area contributed by atoms with Gasteiger partial charge in [0.1, 0.15) is 0 Å². The monoisotopic (exact) mass is 256 g/mol. The number of urea groups is 1. The molecule has 0 saturated carbocycles. The van der Waals surface area contributed by atoms with Gasteiger partial charge in [-0.1, -0.05) is 0 Å². The van der Waals surface area contributed by atoms with Crippen molar-refractivity contribution in [2.45, 2.75) is 25.8 Å². The average Bonchev–Trinajstić information content (AvgIpc) is 3.00. The highest BCUT2D eigenvalue weighted by Crippen LogP contribution is 2.19. The summed E-state index contributed by atoms with van der Waals surface area (Å²) < 4.78 is 5.29. The molecule has 0 aromatic rings. The third-order valence-corrected chi connectivity index (χ3v) is 3.85. The Morgan fingerprint density at radius 2 is 2.22 bits per heavy atom. The van der Waals surface area contributed by atoms with E-state index in [1.807, 2.05) is 6.92 Å². The minimum Gasteiger partial charge on any atom is -0.481 e. The lowest BCUT2D eigenvalue weighted by Gasteiger charge is -2.23. The number of hydrogen-bond donors (Lipinski definition) is 2. The van der Waals surface area contributed by atoms with Crippen molar-refractivity contribution in [2.75, 3.05) is 26.3 Å². The van der Waals surface area contributed by atoms with Crippen molar-refractivity contribution in [2.24, 2.45) is 11.8 Å². The zero-order chi connectivity index (χ0) is 13.1. The van der Waals surface area contributed by atoms with Gasteiger partial charge in [-0.25, -0.2) is 4.79 Å². The Hall–Kier alpha value is -1.30. The first-order valence-electron chi connectivity index (χ1n) is 6.44. The van der Waals surface area contributed by atoms with E-state index in [0.29, 0.717) is 32.0 Å². The van der Waals surface area contributed by atoms with E-state index >= 15 is 0 Å². The third kappa shape index (κ3) is 2.93. The summed E-state index contributed by atoms with van der Waals surface area (Å²) in [5.41, 5.74) is 0. The molecular weight excluding hydrogens is 236 g/mol. The van der Waals surface area contributed by atoms with Crippen LogP contribution in [0.25, 0.3) is 0 Å². The molecule has 2 rings (SSSR count). The second-order valence-corrected chi connectivity index (χ2v) is 5.13. The predicted octanol–water partition coefficient (Wildman–Crippen LogP) is 0.527. The number of ether oxygens (including phenoxy) is 1. The fourth-order valence-corrected chi connectivity index (χ4v) is 2.50. The highest BCUT2D eigenvalue weighted by atomic mass is 16.5. The molecule has 2 amide bonds. The number of carboxylic acids is 1. The van der Waals surface area contributed by atoms with Crippen molar-refractivity contribution in [3.63, 3.8) is 0 Å². The Balaban J connectivity index is 1.79. The Kier molecular flexibility index (Phi) is 4.06. The van der Waals surface area contributed by atoms with Gasteiger partial charge in [-0.05, 0) is 19.8 Å². The maximum atomic E-state index is 12.0. The summed E-state index contributed by atoms with van der Waals surface area (Å²) in [4.78, 5) is 24.4. The second kappa shape index (κ2) is 5.56. The molecule has 6 nitrogen and oxygen atoms in total. The minimum atomic E-state index is -0.817. The zero-order valence-electron chi connectivity index (χ0n) is 10.6. The van der Waals surface area contributed by atoms with Crippen LogP contribution in [0.15, 0.2) is 0 Å². The molecule has 0 radical (unpaired) electrons. The van der Waals surface area contributed by atoms with Gasteiger partial charge in [0.2, 0.25) is 0 Å². The number of carbonyl (C=O) groups excluding carboxylic acids is 1. The SMILES string of the molecule is CC(NC(=O)N1CCC(C(=O)O)C1)C1CCOC1. The van der Waals surface area contributed by atoms with E-state index in [2.05, 4.69) is 5.32 Å². The number of carbonyl (C=O) groups is 2. The van der Waals surface area contributed by atoms with Gasteiger partial charge in [-0.3, -0.25) is 4.79 Å². The van der Waals surface area contributed by atoms with E-state index < -0.39 is 11.9 Å². The highest BCUT2D eigenvalue weighted by molar-refractivity contribution is 5.77. The van der Waals surface area contributed by atoms with Crippen LogP contribution in [0.3, 0.4) is 0 Å². The van der Waals surface area contributed by atoms with Crippen LogP contribution in [0.5, 0.6) is 0 Å². The topological polar surface area (TPSA) is 78.9 Å². The smallest absolute Gasteiger partial charge is 0.317 e. The number of rotatable bonds is 3. The molecule has 0 aromatic heterocycles. The van der Waals surface area contributed by atoms with Crippen LogP contribution in [0.4, 0.5) is 4.79 Å². The average molecular weight is 256 g/mol. The normalized spacial score (nSPS) is 29.3. The molecule has 2 heterocycles. The molecule has 0 aromatic carbocycles. The van der Waals surface area contributed by atoms with Crippen LogP contribution in [0, 0.1) is 11.8 Å². The Bertz CT molecular complexity index is 328. The second-order valence-electron chi connectivity index (χ2n) is 5.13. The first kappa shape index (κ1) is 13.1. The summed E-state index contributed by atoms with van der Waals surface area (Å²) in [6.45, 7) is 4.27. The van der Waals surface area contributed by atoms with E-state index in [1.54, 1.807) is 4.90 Å². The molecule has 0 aliphatic carbocycles. The molecule has 18 heavy (non-hydrogen) atoms. The quantitative estimate of drug-likeness (QED) is 0.772. The fraction of sp³-hybridized carbons (Fsp3) is 0.833. The summed E-state index contributed by atoms with van der Waals surface area (Å²) in [5, 5.41) is 11.8. The highest BCUT2D eigenvalue weighted by Gasteiger charge is 2.32. The number of likely N-dealkylation sites (tertiary alicyclic amines) is 1. The Morgan fingerprint density at radius 1 is 1.44 bits per heavy atom. The summed E-state index contributed by atoms with van der Waals surface area (Å²) >= 11 is 0. The first-order valence-corrected chi connectivity index (χ1v) is 6.44. The van der Waals surface area contributed by atoms with Gasteiger partial charge in [0.15, 0.2) is 0 Å². The van der Waals surface area contributed by atoms with E-state index in [9.17, 15) is 9.59 Å². The Morgan fingerprint density at radius 3 is 2.78 bits per heavy atom. The number of aliphatic carboxylic acids is 1. The van der Waals surface area contributed by atoms with Crippen molar-refractivity contribution in [3.8, 4) is 0 Å². The van der Waals surface area contributed by atoms with Gasteiger partial charge in [0.25, 0.3) is 0 Å². The first-order chi connectivity index (χ1) is 8.58. The molecular formula is C12H20N2O4. The number of amides is 2. The van der Waals surface area contributed by atoms with Crippen LogP contribution in [-0.2, 0) is 9.53 Å². The summed E-state index contributed by atoms with van der Waals surface area (Å²) in [5.74, 6) is -0.866. The maximum Gasteiger partial charge on any atom is 0.317 e. The van der Waals surface area contributed by atoms with Crippen molar-refractivity contribution >= 4 is 12.0 Å². The van der Waals surface area contributed by atoms with Crippen LogP contribution < -0.4 is 5.32 Å². The molecule has 2 saturated heterocycles. The fourth-order valence-electron chi connectivity index (χ4n) is 2.50. The third-order valence-electron chi connectivity index (χ3n) is 3.85. The lowest BCUT2D eigenvalue weighted by atomic mass is 10.0. The molecule has 0 spiro atoms. The number of nitrogens with zero attached hydrogens (tertiary/aromatic N) is 1. The van der Waals surface area contributed by atoms with Gasteiger partial charge < -0.3 is 20.1 Å². The molecule has 3 unspecified atom stereocenters. The lowest BCUT2D eigenvalue weighted by Crippen LogP contribution is -2.45. The van der Waals surface area contributed by atoms with E-state index in [0.717, 1.165) is 13.0 Å². The summed E-state index contributed by atoms with van der Waals surface area (Å²) in [6, 6.07) is -0.0815. The standard InChI is InChI=1S/C12H20N2O4/c1-8(10-3-5-18-7-10)13-12(17)14-4-2-9(6-14)11(15)16/h8-10H,2-7H2,1H3,(H,13,17)(H,15,16). The molecule has 2 N–H and O–H groups in total. The van der Waals surface area contributed by atoms with Crippen molar-refractivity contribution in [1.29, 1.82) is 0 Å². The molecule has 3 atom stereocenters. The largest absolute Gasteiger partial charge is 0.481 e. The predicted molar refractivity (Wildman–Crippen MR) is 64.2 cm³/mol. The molecule has 102 valence electrons. The lowest BCUT2D eigenvalue weighted by molar-refractivity contribution is -0.141. The van der Waals surface area contributed by atoms with Crippen LogP contribution in [0.2, 0.25) is 0 Å². The molecule has 2 fully saturated rings. The van der Waals surface area contributed by atoms with Gasteiger partial charge >= 0.3 is 12.0 Å². The summed E-state index contributed by atoms with van der Waals surface area (Å²) in [6.07, 6.45) is 1.52. The number of nitrogens with one attached hydrogen (secondary N) is 1. The van der Waals surface area contributed by atoms with Gasteiger partial charge in [0.05, 0.1) is 12.5 Å². The molecule has 2 aliphatic rings. The zero-order valence-corrected chi connectivity index (χ0v) is 10.6. The molecule has 2 aliphatic heterocycles. The van der Waals surface area contributed by atoms with Gasteiger partial charge in [0, 0.05) is 31.7 Å². The van der Waals surface area contributed by atoms with Crippen molar-refractivity contribution < 1.29 is 19.4 Å². The van der Waals surface area contributed by atoms with Crippen LogP contribution >= 0.6 is 0 Å². The van der Waals surface area contributed by atoms with Crippen molar-refractivity contribution in [3.05, 3.63) is 0 Å². The molecule has 6 heteroatoms. The van der Waals surface area contributed by atoms with Crippen LogP contribution in [0.1, 0.15) is 19.8 Å². The van der Waals surface area contributed by atoms with E-state index in [-0.39, 0.29) is 12.1 Å². The Labute approximate surface area is 106 Å². The van der Waals surface area contributed by atoms with E-state index in [1.165, 1.54) is 0 Å². The van der Waals surface area contributed by atoms with Crippen molar-refractivity contribution in [1.82, 2.24) is 10.2 Å².